The second-order valence-electron chi connectivity index (χ2n) is 5.74. The summed E-state index contributed by atoms with van der Waals surface area (Å²) in [6.07, 6.45) is 0. The molecule has 3 aromatic rings. The van der Waals surface area contributed by atoms with Crippen LogP contribution in [-0.4, -0.2) is 25.0 Å². The van der Waals surface area contributed by atoms with Crippen LogP contribution in [-0.2, 0) is 4.74 Å². The van der Waals surface area contributed by atoms with Crippen molar-refractivity contribution in [1.82, 2.24) is 0 Å². The summed E-state index contributed by atoms with van der Waals surface area (Å²) in [6.45, 7) is 0. The molecule has 3 rings (SSSR count). The van der Waals surface area contributed by atoms with E-state index in [0.717, 1.165) is 0 Å². The molecule has 0 atom stereocenters. The molecule has 6 nitrogen and oxygen atoms in total. The van der Waals surface area contributed by atoms with Crippen molar-refractivity contribution in [2.24, 2.45) is 0 Å². The second-order valence-corrected chi connectivity index (χ2v) is 6.15. The predicted octanol–water partition coefficient (Wildman–Crippen LogP) is 4.57. The lowest BCUT2D eigenvalue weighted by Gasteiger charge is -2.11. The van der Waals surface area contributed by atoms with Gasteiger partial charge in [0.25, 0.3) is 0 Å². The van der Waals surface area contributed by atoms with Crippen molar-refractivity contribution in [1.29, 1.82) is 0 Å². The van der Waals surface area contributed by atoms with E-state index in [1.54, 1.807) is 42.5 Å². The number of hydrogen-bond donors (Lipinski definition) is 0. The molecular formula is C22H15ClO6. The molecule has 0 bridgehead atoms. The molecule has 0 saturated heterocycles. The van der Waals surface area contributed by atoms with Crippen molar-refractivity contribution in [2.45, 2.75) is 0 Å². The Kier molecular flexibility index (Phi) is 6.26. The SMILES string of the molecule is COC(=O)c1ccccc1OC(=O)c1ccccc1C(=O)Oc1ccccc1Cl. The fraction of sp³-hybridized carbons (Fsp3) is 0.0455. The van der Waals surface area contributed by atoms with Gasteiger partial charge in [-0.05, 0) is 36.4 Å². The molecule has 0 saturated carbocycles. The first-order chi connectivity index (χ1) is 14.0. The Labute approximate surface area is 171 Å². The number of rotatable bonds is 5. The van der Waals surface area contributed by atoms with Gasteiger partial charge in [0.15, 0.2) is 0 Å². The molecule has 0 aromatic heterocycles. The van der Waals surface area contributed by atoms with E-state index < -0.39 is 17.9 Å². The first kappa shape index (κ1) is 20.1. The number of ether oxygens (including phenoxy) is 3. The van der Waals surface area contributed by atoms with Gasteiger partial charge in [0, 0.05) is 0 Å². The van der Waals surface area contributed by atoms with Crippen LogP contribution >= 0.6 is 11.6 Å². The molecular weight excluding hydrogens is 396 g/mol. The van der Waals surface area contributed by atoms with Crippen LogP contribution in [0, 0.1) is 0 Å². The standard InChI is InChI=1S/C22H15ClO6/c1-27-20(24)16-10-4-6-12-18(16)28-21(25)14-8-2-3-9-15(14)22(26)29-19-13-7-5-11-17(19)23/h2-13H,1H3. The monoisotopic (exact) mass is 410 g/mol. The molecule has 0 aliphatic carbocycles. The zero-order valence-corrected chi connectivity index (χ0v) is 16.0. The van der Waals surface area contributed by atoms with Gasteiger partial charge in [-0.3, -0.25) is 0 Å². The Balaban J connectivity index is 1.87. The minimum Gasteiger partial charge on any atom is -0.465 e. The molecule has 0 spiro atoms. The van der Waals surface area contributed by atoms with Crippen LogP contribution in [0.25, 0.3) is 0 Å². The molecule has 0 unspecified atom stereocenters. The third-order valence-corrected chi connectivity index (χ3v) is 4.21. The number of carbonyl (C=O) groups excluding carboxylic acids is 3. The highest BCUT2D eigenvalue weighted by atomic mass is 35.5. The Morgan fingerprint density at radius 1 is 0.621 bits per heavy atom. The van der Waals surface area contributed by atoms with Crippen LogP contribution in [0.1, 0.15) is 31.1 Å². The van der Waals surface area contributed by atoms with E-state index in [4.69, 9.17) is 21.1 Å². The highest BCUT2D eigenvalue weighted by Crippen LogP contribution is 2.25. The first-order valence-corrected chi connectivity index (χ1v) is 8.84. The van der Waals surface area contributed by atoms with Crippen molar-refractivity contribution >= 4 is 29.5 Å². The van der Waals surface area contributed by atoms with Gasteiger partial charge in [0.1, 0.15) is 17.1 Å². The van der Waals surface area contributed by atoms with Gasteiger partial charge >= 0.3 is 17.9 Å². The smallest absolute Gasteiger partial charge is 0.344 e. The summed E-state index contributed by atoms with van der Waals surface area (Å²) >= 11 is 6.01. The molecule has 7 heteroatoms. The molecule has 0 fully saturated rings. The van der Waals surface area contributed by atoms with E-state index in [1.165, 1.54) is 37.4 Å². The van der Waals surface area contributed by atoms with Gasteiger partial charge in [-0.2, -0.15) is 0 Å². The summed E-state index contributed by atoms with van der Waals surface area (Å²) in [5, 5.41) is 0.257. The zero-order valence-electron chi connectivity index (χ0n) is 15.3. The number of halogens is 1. The molecule has 0 N–H and O–H groups in total. The van der Waals surface area contributed by atoms with Crippen LogP contribution in [0.15, 0.2) is 72.8 Å². The van der Waals surface area contributed by atoms with Gasteiger partial charge < -0.3 is 14.2 Å². The largest absolute Gasteiger partial charge is 0.465 e. The Morgan fingerprint density at radius 2 is 1.07 bits per heavy atom. The molecule has 0 heterocycles. The summed E-state index contributed by atoms with van der Waals surface area (Å²) in [5.41, 5.74) is 0.0525. The van der Waals surface area contributed by atoms with Crippen molar-refractivity contribution < 1.29 is 28.6 Å². The summed E-state index contributed by atoms with van der Waals surface area (Å²) in [6, 6.07) is 18.6. The molecule has 146 valence electrons. The summed E-state index contributed by atoms with van der Waals surface area (Å²) in [7, 11) is 1.22. The van der Waals surface area contributed by atoms with Crippen LogP contribution in [0.2, 0.25) is 5.02 Å². The summed E-state index contributed by atoms with van der Waals surface area (Å²) in [4.78, 5) is 37.2. The molecule has 29 heavy (non-hydrogen) atoms. The highest BCUT2D eigenvalue weighted by molar-refractivity contribution is 6.32. The maximum absolute atomic E-state index is 12.7. The quantitative estimate of drug-likeness (QED) is 0.453. The number of para-hydroxylation sites is 2. The maximum atomic E-state index is 12.7. The third-order valence-electron chi connectivity index (χ3n) is 3.90. The number of esters is 3. The van der Waals surface area contributed by atoms with Crippen LogP contribution < -0.4 is 9.47 Å². The molecule has 0 radical (unpaired) electrons. The topological polar surface area (TPSA) is 78.9 Å². The molecule has 3 aromatic carbocycles. The summed E-state index contributed by atoms with van der Waals surface area (Å²) < 4.78 is 15.3. The normalized spacial score (nSPS) is 10.1. The number of methoxy groups -OCH3 is 1. The number of benzene rings is 3. The fourth-order valence-electron chi connectivity index (χ4n) is 2.51. The Bertz CT molecular complexity index is 1080. The van der Waals surface area contributed by atoms with Crippen LogP contribution in [0.3, 0.4) is 0 Å². The molecule has 0 amide bonds. The van der Waals surface area contributed by atoms with Gasteiger partial charge in [-0.25, -0.2) is 14.4 Å². The zero-order chi connectivity index (χ0) is 20.8. The second kappa shape index (κ2) is 9.03. The van der Waals surface area contributed by atoms with E-state index in [1.807, 2.05) is 0 Å². The van der Waals surface area contributed by atoms with Crippen molar-refractivity contribution in [3.8, 4) is 11.5 Å². The summed E-state index contributed by atoms with van der Waals surface area (Å²) in [5.74, 6) is -2.07. The van der Waals surface area contributed by atoms with Crippen LogP contribution in [0.5, 0.6) is 11.5 Å². The van der Waals surface area contributed by atoms with E-state index in [-0.39, 0.29) is 33.2 Å². The van der Waals surface area contributed by atoms with Gasteiger partial charge in [0.05, 0.1) is 23.3 Å². The lowest BCUT2D eigenvalue weighted by molar-refractivity contribution is 0.0590. The Morgan fingerprint density at radius 3 is 1.62 bits per heavy atom. The Hall–Kier alpha value is -3.64. The number of hydrogen-bond acceptors (Lipinski definition) is 6. The van der Waals surface area contributed by atoms with E-state index >= 15 is 0 Å². The first-order valence-electron chi connectivity index (χ1n) is 8.46. The molecule has 0 aliphatic rings. The fourth-order valence-corrected chi connectivity index (χ4v) is 2.68. The van der Waals surface area contributed by atoms with Crippen LogP contribution in [0.4, 0.5) is 0 Å². The predicted molar refractivity (Wildman–Crippen MR) is 106 cm³/mol. The lowest BCUT2D eigenvalue weighted by atomic mass is 10.1. The highest BCUT2D eigenvalue weighted by Gasteiger charge is 2.22. The van der Waals surface area contributed by atoms with Crippen molar-refractivity contribution in [2.75, 3.05) is 7.11 Å². The van der Waals surface area contributed by atoms with E-state index in [2.05, 4.69) is 4.74 Å². The van der Waals surface area contributed by atoms with Gasteiger partial charge in [-0.1, -0.05) is 48.0 Å². The van der Waals surface area contributed by atoms with Crippen molar-refractivity contribution in [3.63, 3.8) is 0 Å². The number of carbonyl (C=O) groups is 3. The average Bonchev–Trinajstić information content (AvgIpc) is 2.75. The minimum atomic E-state index is -0.826. The van der Waals surface area contributed by atoms with E-state index in [0.29, 0.717) is 0 Å². The third kappa shape index (κ3) is 4.62. The molecule has 0 aliphatic heterocycles. The average molecular weight is 411 g/mol. The van der Waals surface area contributed by atoms with E-state index in [9.17, 15) is 14.4 Å². The van der Waals surface area contributed by atoms with Crippen molar-refractivity contribution in [3.05, 3.63) is 94.5 Å². The van der Waals surface area contributed by atoms with Gasteiger partial charge in [-0.15, -0.1) is 0 Å². The maximum Gasteiger partial charge on any atom is 0.344 e. The minimum absolute atomic E-state index is 0.00651. The lowest BCUT2D eigenvalue weighted by Crippen LogP contribution is -2.18. The van der Waals surface area contributed by atoms with Gasteiger partial charge in [0.2, 0.25) is 0 Å².